The molecule has 3 atom stereocenters. The Morgan fingerprint density at radius 2 is 1.94 bits per heavy atom. The number of carbonyl (C=O) groups is 3. The molecule has 0 N–H and O–H groups in total. The highest BCUT2D eigenvalue weighted by Gasteiger charge is 2.59. The van der Waals surface area contributed by atoms with E-state index >= 15 is 0 Å². The Morgan fingerprint density at radius 3 is 2.51 bits per heavy atom. The van der Waals surface area contributed by atoms with Crippen molar-refractivity contribution in [2.24, 2.45) is 5.92 Å². The first-order valence-corrected chi connectivity index (χ1v) is 16.1. The van der Waals surface area contributed by atoms with E-state index in [0.29, 0.717) is 18.1 Å². The molecule has 2 aliphatic rings. The van der Waals surface area contributed by atoms with Crippen LogP contribution in [-0.2, 0) is 28.3 Å². The summed E-state index contributed by atoms with van der Waals surface area (Å²) in [6.45, 7) is 19.3. The first-order valence-electron chi connectivity index (χ1n) is 12.3. The minimum Gasteiger partial charge on any atom is -0.465 e. The maximum Gasteiger partial charge on any atom is 0.356 e. The highest BCUT2D eigenvalue weighted by molar-refractivity contribution is 8.04. The lowest BCUT2D eigenvalue weighted by molar-refractivity contribution is -0.157. The van der Waals surface area contributed by atoms with Crippen LogP contribution in [0.25, 0.3) is 0 Å². The van der Waals surface area contributed by atoms with Crippen LogP contribution < -0.4 is 0 Å². The van der Waals surface area contributed by atoms with Crippen LogP contribution in [0.2, 0.25) is 18.1 Å². The zero-order valence-corrected chi connectivity index (χ0v) is 24.3. The Bertz CT molecular complexity index is 853. The molecule has 0 spiro atoms. The summed E-state index contributed by atoms with van der Waals surface area (Å²) < 4.78 is 17.1. The number of carbonyl (C=O) groups excluding carboxylic acids is 3. The van der Waals surface area contributed by atoms with Crippen LogP contribution in [0.5, 0.6) is 0 Å². The van der Waals surface area contributed by atoms with Gasteiger partial charge >= 0.3 is 11.9 Å². The van der Waals surface area contributed by atoms with Gasteiger partial charge in [-0.1, -0.05) is 46.8 Å². The molecule has 198 valence electrons. The summed E-state index contributed by atoms with van der Waals surface area (Å²) in [6.07, 6.45) is 3.00. The van der Waals surface area contributed by atoms with Gasteiger partial charge in [0, 0.05) is 11.4 Å². The van der Waals surface area contributed by atoms with Crippen molar-refractivity contribution in [1.82, 2.24) is 9.80 Å². The molecule has 0 unspecified atom stereocenters. The Labute approximate surface area is 215 Å². The molecule has 2 aliphatic heterocycles. The number of likely N-dealkylation sites (N-methyl/N-ethyl adjacent to an activating group) is 1. The largest absolute Gasteiger partial charge is 0.465 e. The summed E-state index contributed by atoms with van der Waals surface area (Å²) in [5.74, 6) is -1.35. The lowest BCUT2D eigenvalue weighted by Gasteiger charge is -2.48. The van der Waals surface area contributed by atoms with Crippen molar-refractivity contribution in [3.05, 3.63) is 23.3 Å². The fourth-order valence-electron chi connectivity index (χ4n) is 3.76. The molecule has 0 bridgehead atoms. The van der Waals surface area contributed by atoms with Gasteiger partial charge in [0.1, 0.15) is 17.7 Å². The molecule has 0 aliphatic carbocycles. The topological polar surface area (TPSA) is 85.4 Å². The van der Waals surface area contributed by atoms with Gasteiger partial charge < -0.3 is 13.9 Å². The average molecular weight is 527 g/mol. The van der Waals surface area contributed by atoms with Gasteiger partial charge in [-0.25, -0.2) is 4.79 Å². The number of β-lactam (4-membered cyclic amide) rings is 1. The zero-order chi connectivity index (χ0) is 26.6. The molecule has 1 saturated heterocycles. The third kappa shape index (κ3) is 6.99. The summed E-state index contributed by atoms with van der Waals surface area (Å²) in [6, 6.07) is 0. The van der Waals surface area contributed by atoms with E-state index in [1.165, 1.54) is 22.7 Å². The Hall–Kier alpha value is -1.62. The molecule has 0 saturated carbocycles. The summed E-state index contributed by atoms with van der Waals surface area (Å²) in [4.78, 5) is 42.3. The van der Waals surface area contributed by atoms with E-state index in [1.54, 1.807) is 11.9 Å². The van der Waals surface area contributed by atoms with Gasteiger partial charge in [0.15, 0.2) is 8.32 Å². The van der Waals surface area contributed by atoms with Gasteiger partial charge in [0.2, 0.25) is 5.91 Å². The van der Waals surface area contributed by atoms with Crippen LogP contribution in [0.1, 0.15) is 47.5 Å². The summed E-state index contributed by atoms with van der Waals surface area (Å²) >= 11 is 1.48. The number of nitrogens with zero attached hydrogens (tertiary/aromatic N) is 2. The van der Waals surface area contributed by atoms with E-state index in [0.717, 1.165) is 12.8 Å². The van der Waals surface area contributed by atoms with Crippen LogP contribution in [0.3, 0.4) is 0 Å². The molecule has 2 heterocycles. The van der Waals surface area contributed by atoms with Crippen molar-refractivity contribution in [2.45, 2.75) is 77.1 Å². The Kier molecular flexibility index (Phi) is 10.2. The van der Waals surface area contributed by atoms with Crippen molar-refractivity contribution >= 4 is 37.9 Å². The number of esters is 2. The SMILES string of the molecule is C=CCOC(=O)C1=C(CN(C)CC(=O)OCCCC)S[C@@H]2[C@@H]([C@@H](C)O[Si](C)(C)C(C)(C)C)C(=O)N12. The molecule has 0 aromatic heterocycles. The number of hydrogen-bond acceptors (Lipinski definition) is 8. The maximum absolute atomic E-state index is 13.3. The first kappa shape index (κ1) is 29.6. The van der Waals surface area contributed by atoms with Gasteiger partial charge in [0.05, 0.1) is 25.2 Å². The number of unbranched alkanes of at least 4 members (excludes halogenated alkanes) is 1. The molecule has 1 fully saturated rings. The molecule has 10 heteroatoms. The molecule has 0 radical (unpaired) electrons. The summed E-state index contributed by atoms with van der Waals surface area (Å²) in [5, 5.41) is -0.206. The summed E-state index contributed by atoms with van der Waals surface area (Å²) in [5.41, 5.74) is 0.258. The van der Waals surface area contributed by atoms with Crippen LogP contribution >= 0.6 is 11.8 Å². The van der Waals surface area contributed by atoms with Crippen molar-refractivity contribution < 1.29 is 28.3 Å². The monoisotopic (exact) mass is 526 g/mol. The molecule has 0 aromatic carbocycles. The second kappa shape index (κ2) is 12.1. The predicted molar refractivity (Wildman–Crippen MR) is 141 cm³/mol. The predicted octanol–water partition coefficient (Wildman–Crippen LogP) is 4.14. The standard InChI is InChI=1S/C25H42N2O6SSi/c1-10-12-14-31-19(28)16-26(7)15-18-21(24(30)32-13-11-2)27-22(29)20(23(27)34-18)17(3)33-35(8,9)25(4,5)6/h11,17,20,23H,2,10,12-16H2,1,3-9H3/t17-,20+,23-/m1/s1. The molecular formula is C25H42N2O6SSi. The highest BCUT2D eigenvalue weighted by atomic mass is 32.2. The van der Waals surface area contributed by atoms with Crippen molar-refractivity contribution in [2.75, 3.05) is 33.4 Å². The molecule has 0 aromatic rings. The van der Waals surface area contributed by atoms with E-state index in [4.69, 9.17) is 13.9 Å². The Balaban J connectivity index is 2.16. The summed E-state index contributed by atoms with van der Waals surface area (Å²) in [7, 11) is -0.284. The molecule has 8 nitrogen and oxygen atoms in total. The number of thioether (sulfide) groups is 1. The molecule has 1 amide bonds. The van der Waals surface area contributed by atoms with Gasteiger partial charge in [-0.15, -0.1) is 11.8 Å². The quantitative estimate of drug-likeness (QED) is 0.116. The molecule has 35 heavy (non-hydrogen) atoms. The van der Waals surface area contributed by atoms with Crippen LogP contribution in [0.15, 0.2) is 23.3 Å². The number of hydrogen-bond donors (Lipinski definition) is 0. The lowest BCUT2D eigenvalue weighted by Crippen LogP contribution is -2.62. The van der Waals surface area contributed by atoms with E-state index in [-0.39, 0.29) is 53.2 Å². The molecule has 2 rings (SSSR count). The van der Waals surface area contributed by atoms with E-state index in [9.17, 15) is 14.4 Å². The number of amides is 1. The van der Waals surface area contributed by atoms with Gasteiger partial charge in [-0.3, -0.25) is 19.4 Å². The minimum atomic E-state index is -2.07. The van der Waals surface area contributed by atoms with E-state index in [2.05, 4.69) is 40.4 Å². The van der Waals surface area contributed by atoms with Crippen molar-refractivity contribution in [3.63, 3.8) is 0 Å². The van der Waals surface area contributed by atoms with E-state index in [1.807, 2.05) is 13.8 Å². The third-order valence-corrected chi connectivity index (χ3v) is 12.7. The average Bonchev–Trinajstić information content (AvgIpc) is 3.04. The zero-order valence-electron chi connectivity index (χ0n) is 22.5. The van der Waals surface area contributed by atoms with Gasteiger partial charge in [0.25, 0.3) is 0 Å². The second-order valence-corrected chi connectivity index (χ2v) is 16.7. The van der Waals surface area contributed by atoms with Gasteiger partial charge in [-0.05, 0) is 38.5 Å². The number of ether oxygens (including phenoxy) is 2. The Morgan fingerprint density at radius 1 is 1.29 bits per heavy atom. The number of fused-ring (bicyclic) bond motifs is 1. The second-order valence-electron chi connectivity index (χ2n) is 10.7. The fourth-order valence-corrected chi connectivity index (χ4v) is 6.87. The van der Waals surface area contributed by atoms with Gasteiger partial charge in [-0.2, -0.15) is 0 Å². The fraction of sp³-hybridized carbons (Fsp3) is 0.720. The van der Waals surface area contributed by atoms with Crippen LogP contribution in [0.4, 0.5) is 0 Å². The minimum absolute atomic E-state index is 0.0219. The first-order chi connectivity index (χ1) is 16.2. The molecular weight excluding hydrogens is 484 g/mol. The highest BCUT2D eigenvalue weighted by Crippen LogP contribution is 2.52. The van der Waals surface area contributed by atoms with Crippen molar-refractivity contribution in [3.8, 4) is 0 Å². The lowest BCUT2D eigenvalue weighted by atomic mass is 9.92. The smallest absolute Gasteiger partial charge is 0.356 e. The number of rotatable bonds is 13. The van der Waals surface area contributed by atoms with Crippen LogP contribution in [0, 0.1) is 5.92 Å². The van der Waals surface area contributed by atoms with Crippen molar-refractivity contribution in [1.29, 1.82) is 0 Å². The van der Waals surface area contributed by atoms with Crippen LogP contribution in [-0.4, -0.2) is 80.8 Å². The van der Waals surface area contributed by atoms with E-state index < -0.39 is 14.3 Å². The maximum atomic E-state index is 13.3. The normalized spacial score (nSPS) is 21.1. The third-order valence-electron chi connectivity index (χ3n) is 6.74.